The van der Waals surface area contributed by atoms with Gasteiger partial charge in [0.1, 0.15) is 0 Å². The SMILES string of the molecule is CC(N)COC12C(F)(F)C3(F)C(F)(F)C(F)(C(F)(F)C(F)(C3(F)F)C1(F)F)C2(F)F. The van der Waals surface area contributed by atoms with E-state index in [0.29, 0.717) is 6.92 Å². The maximum atomic E-state index is 14.7. The van der Waals surface area contributed by atoms with Gasteiger partial charge in [0.2, 0.25) is 0 Å². The molecule has 4 rings (SSSR count). The van der Waals surface area contributed by atoms with Crippen LogP contribution < -0.4 is 5.73 Å². The van der Waals surface area contributed by atoms with Crippen molar-refractivity contribution >= 4 is 0 Å². The van der Waals surface area contributed by atoms with Crippen molar-refractivity contribution in [1.29, 1.82) is 0 Å². The Bertz CT molecular complexity index is 678. The highest BCUT2D eigenvalue weighted by Crippen LogP contribution is 2.88. The van der Waals surface area contributed by atoms with Crippen LogP contribution >= 0.6 is 0 Å². The van der Waals surface area contributed by atoms with Crippen LogP contribution in [0.1, 0.15) is 6.92 Å². The molecule has 1 atom stereocenters. The summed E-state index contributed by atoms with van der Waals surface area (Å²) >= 11 is 0. The van der Waals surface area contributed by atoms with E-state index in [-0.39, 0.29) is 0 Å². The number of ether oxygens (including phenoxy) is 1. The van der Waals surface area contributed by atoms with E-state index >= 15 is 0 Å². The largest absolute Gasteiger partial charge is 0.356 e. The molecule has 0 radical (unpaired) electrons. The molecule has 0 amide bonds. The number of rotatable bonds is 3. The molecule has 4 aliphatic carbocycles. The summed E-state index contributed by atoms with van der Waals surface area (Å²) in [6.07, 6.45) is 0. The Labute approximate surface area is 155 Å². The standard InChI is InChI=1S/C13H8F15NO/c1-3(29)2-30-7-11(23,24)4(14)8(17,18)5(15,12(7,25)26)10(21,22)6(16,9(4,19)20)13(7,27)28/h3H,2,29H2,1H3. The van der Waals surface area contributed by atoms with Crippen molar-refractivity contribution in [3.63, 3.8) is 0 Å². The number of alkyl halides is 15. The second kappa shape index (κ2) is 4.93. The number of hydrogen-bond acceptors (Lipinski definition) is 2. The van der Waals surface area contributed by atoms with Gasteiger partial charge in [-0.2, -0.15) is 52.7 Å². The molecule has 176 valence electrons. The van der Waals surface area contributed by atoms with Gasteiger partial charge >= 0.3 is 52.5 Å². The predicted octanol–water partition coefficient (Wildman–Crippen LogP) is 4.07. The van der Waals surface area contributed by atoms with Crippen molar-refractivity contribution in [3.05, 3.63) is 0 Å². The highest BCUT2D eigenvalue weighted by atomic mass is 19.3. The van der Waals surface area contributed by atoms with Crippen molar-refractivity contribution in [2.24, 2.45) is 5.73 Å². The molecule has 4 fully saturated rings. The summed E-state index contributed by atoms with van der Waals surface area (Å²) in [5, 5.41) is 0. The molecule has 4 aliphatic rings. The second-order valence-electron chi connectivity index (χ2n) is 7.39. The molecule has 0 heterocycles. The molecular weight excluding hydrogens is 471 g/mol. The lowest BCUT2D eigenvalue weighted by molar-refractivity contribution is -0.619. The number of nitrogens with two attached hydrogens (primary N) is 1. The van der Waals surface area contributed by atoms with E-state index in [9.17, 15) is 65.9 Å². The molecule has 4 bridgehead atoms. The number of halogens is 15. The van der Waals surface area contributed by atoms with Crippen molar-refractivity contribution < 1.29 is 70.6 Å². The molecule has 0 aromatic heterocycles. The van der Waals surface area contributed by atoms with E-state index in [4.69, 9.17) is 5.73 Å². The second-order valence-corrected chi connectivity index (χ2v) is 7.39. The molecule has 0 aromatic rings. The van der Waals surface area contributed by atoms with Crippen LogP contribution in [0.5, 0.6) is 0 Å². The van der Waals surface area contributed by atoms with Gasteiger partial charge in [0.05, 0.1) is 6.61 Å². The highest BCUT2D eigenvalue weighted by Gasteiger charge is 3.23. The molecular formula is C13H8F15NO. The zero-order valence-corrected chi connectivity index (χ0v) is 13.9. The van der Waals surface area contributed by atoms with Gasteiger partial charge in [-0.1, -0.05) is 0 Å². The monoisotopic (exact) mass is 479 g/mol. The van der Waals surface area contributed by atoms with Gasteiger partial charge in [-0.25, -0.2) is 13.2 Å². The fourth-order valence-electron chi connectivity index (χ4n) is 4.33. The molecule has 17 heteroatoms. The van der Waals surface area contributed by atoms with Crippen LogP contribution in [0.2, 0.25) is 0 Å². The average Bonchev–Trinajstić information content (AvgIpc) is 2.54. The maximum absolute atomic E-state index is 14.7. The van der Waals surface area contributed by atoms with Gasteiger partial charge in [0.15, 0.2) is 0 Å². The maximum Gasteiger partial charge on any atom is 0.339 e. The summed E-state index contributed by atoms with van der Waals surface area (Å²) in [4.78, 5) is 0. The zero-order valence-electron chi connectivity index (χ0n) is 13.9. The van der Waals surface area contributed by atoms with Gasteiger partial charge < -0.3 is 10.5 Å². The quantitative estimate of drug-likeness (QED) is 0.620. The first-order chi connectivity index (χ1) is 12.9. The van der Waals surface area contributed by atoms with E-state index < -0.39 is 70.8 Å². The van der Waals surface area contributed by atoms with Gasteiger partial charge in [0.25, 0.3) is 5.60 Å². The Hall–Kier alpha value is -1.13. The Morgan fingerprint density at radius 3 is 0.967 bits per heavy atom. The van der Waals surface area contributed by atoms with E-state index in [1.54, 1.807) is 0 Å². The molecule has 2 nitrogen and oxygen atoms in total. The van der Waals surface area contributed by atoms with Crippen LogP contribution in [0.25, 0.3) is 0 Å². The van der Waals surface area contributed by atoms with Crippen LogP contribution in [0.4, 0.5) is 65.9 Å². The topological polar surface area (TPSA) is 35.2 Å². The summed E-state index contributed by atoms with van der Waals surface area (Å²) in [7, 11) is 0. The van der Waals surface area contributed by atoms with Crippen molar-refractivity contribution in [2.75, 3.05) is 6.61 Å². The first-order valence-corrected chi connectivity index (χ1v) is 7.65. The minimum Gasteiger partial charge on any atom is -0.356 e. The van der Waals surface area contributed by atoms with Crippen LogP contribution in [-0.2, 0) is 4.74 Å². The fraction of sp³-hybridized carbons (Fsp3) is 1.00. The van der Waals surface area contributed by atoms with Gasteiger partial charge in [-0.15, -0.1) is 0 Å². The zero-order chi connectivity index (χ0) is 24.0. The summed E-state index contributed by atoms with van der Waals surface area (Å²) in [6, 6.07) is -1.90. The van der Waals surface area contributed by atoms with E-state index in [0.717, 1.165) is 0 Å². The Morgan fingerprint density at radius 1 is 0.533 bits per heavy atom. The minimum atomic E-state index is -7.80. The highest BCUT2D eigenvalue weighted by molar-refractivity contribution is 5.54. The summed E-state index contributed by atoms with van der Waals surface area (Å²) in [5.41, 5.74) is -24.9. The molecule has 0 aliphatic heterocycles. The van der Waals surface area contributed by atoms with E-state index in [2.05, 4.69) is 4.74 Å². The van der Waals surface area contributed by atoms with Crippen LogP contribution in [0, 0.1) is 0 Å². The average molecular weight is 479 g/mol. The molecule has 0 aromatic carbocycles. The lowest BCUT2D eigenvalue weighted by Gasteiger charge is -2.74. The molecule has 0 spiro atoms. The third-order valence-corrected chi connectivity index (χ3v) is 5.78. The fourth-order valence-corrected chi connectivity index (χ4v) is 4.33. The van der Waals surface area contributed by atoms with E-state index in [1.807, 2.05) is 0 Å². The normalized spacial score (nSPS) is 49.1. The molecule has 1 unspecified atom stereocenters. The Balaban J connectivity index is 2.64. The molecule has 2 N–H and O–H groups in total. The summed E-state index contributed by atoms with van der Waals surface area (Å²) in [6.45, 7) is -1.44. The summed E-state index contributed by atoms with van der Waals surface area (Å²) < 4.78 is 219. The lowest BCUT2D eigenvalue weighted by Crippen LogP contribution is -3.10. The minimum absolute atomic E-state index is 0.619. The van der Waals surface area contributed by atoms with Crippen molar-refractivity contribution in [2.45, 2.75) is 71.1 Å². The molecule has 30 heavy (non-hydrogen) atoms. The first-order valence-electron chi connectivity index (χ1n) is 7.65. The third kappa shape index (κ3) is 1.41. The molecule has 4 saturated carbocycles. The Kier molecular flexibility index (Phi) is 3.87. The van der Waals surface area contributed by atoms with Crippen LogP contribution in [0.3, 0.4) is 0 Å². The van der Waals surface area contributed by atoms with Crippen LogP contribution in [0.15, 0.2) is 0 Å². The third-order valence-electron chi connectivity index (χ3n) is 5.78. The van der Waals surface area contributed by atoms with Gasteiger partial charge in [-0.3, -0.25) is 0 Å². The van der Waals surface area contributed by atoms with E-state index in [1.165, 1.54) is 0 Å². The Morgan fingerprint density at radius 2 is 0.767 bits per heavy atom. The lowest BCUT2D eigenvalue weighted by atomic mass is 9.40. The van der Waals surface area contributed by atoms with Gasteiger partial charge in [-0.05, 0) is 6.92 Å². The predicted molar refractivity (Wildman–Crippen MR) is 63.5 cm³/mol. The van der Waals surface area contributed by atoms with Crippen molar-refractivity contribution in [1.82, 2.24) is 0 Å². The van der Waals surface area contributed by atoms with Gasteiger partial charge in [0, 0.05) is 6.04 Å². The number of hydrogen-bond donors (Lipinski definition) is 1. The molecule has 0 saturated heterocycles. The first kappa shape index (κ1) is 23.5. The van der Waals surface area contributed by atoms with Crippen LogP contribution in [-0.4, -0.2) is 70.8 Å². The summed E-state index contributed by atoms with van der Waals surface area (Å²) in [5.74, 6) is -46.0. The smallest absolute Gasteiger partial charge is 0.339 e. The van der Waals surface area contributed by atoms with Crippen molar-refractivity contribution in [3.8, 4) is 0 Å².